The van der Waals surface area contributed by atoms with Crippen LogP contribution in [0.4, 0.5) is 5.13 Å². The summed E-state index contributed by atoms with van der Waals surface area (Å²) in [7, 11) is 3.51. The van der Waals surface area contributed by atoms with Crippen LogP contribution in [-0.2, 0) is 0 Å². The SMILES string of the molecule is CCC(C)Nc1nc(C)c(C(=O)N(C)C)s1. The van der Waals surface area contributed by atoms with Crippen LogP contribution in [0, 0.1) is 6.92 Å². The van der Waals surface area contributed by atoms with Crippen LogP contribution in [0.1, 0.15) is 35.6 Å². The Morgan fingerprint density at radius 3 is 2.69 bits per heavy atom. The Bertz CT molecular complexity index is 373. The molecule has 0 bridgehead atoms. The maximum atomic E-state index is 11.8. The number of aromatic nitrogens is 1. The third-order valence-corrected chi connectivity index (χ3v) is 3.46. The fourth-order valence-electron chi connectivity index (χ4n) is 1.17. The predicted molar refractivity (Wildman–Crippen MR) is 68.2 cm³/mol. The number of aryl methyl sites for hydroxylation is 1. The van der Waals surface area contributed by atoms with Crippen molar-refractivity contribution in [2.45, 2.75) is 33.2 Å². The van der Waals surface area contributed by atoms with E-state index in [0.29, 0.717) is 6.04 Å². The minimum atomic E-state index is 0.0206. The molecule has 0 fully saturated rings. The molecule has 1 rings (SSSR count). The van der Waals surface area contributed by atoms with E-state index in [1.807, 2.05) is 6.92 Å². The third kappa shape index (κ3) is 2.95. The van der Waals surface area contributed by atoms with Gasteiger partial charge in [0.25, 0.3) is 5.91 Å². The molecular formula is C11H19N3OS. The number of amides is 1. The van der Waals surface area contributed by atoms with E-state index in [9.17, 15) is 4.79 Å². The molecular weight excluding hydrogens is 222 g/mol. The molecule has 4 nitrogen and oxygen atoms in total. The van der Waals surface area contributed by atoms with Gasteiger partial charge in [-0.1, -0.05) is 18.3 Å². The first kappa shape index (κ1) is 13.0. The van der Waals surface area contributed by atoms with Crippen LogP contribution in [0.2, 0.25) is 0 Å². The summed E-state index contributed by atoms with van der Waals surface area (Å²) in [6.07, 6.45) is 1.04. The molecule has 16 heavy (non-hydrogen) atoms. The first-order valence-electron chi connectivity index (χ1n) is 5.41. The molecule has 5 heteroatoms. The van der Waals surface area contributed by atoms with Crippen LogP contribution in [0.3, 0.4) is 0 Å². The van der Waals surface area contributed by atoms with Crippen molar-refractivity contribution in [2.24, 2.45) is 0 Å². The Hall–Kier alpha value is -1.10. The maximum Gasteiger partial charge on any atom is 0.265 e. The van der Waals surface area contributed by atoms with E-state index >= 15 is 0 Å². The van der Waals surface area contributed by atoms with Crippen molar-refractivity contribution in [3.8, 4) is 0 Å². The number of hydrogen-bond acceptors (Lipinski definition) is 4. The number of nitrogens with zero attached hydrogens (tertiary/aromatic N) is 2. The molecule has 1 aromatic rings. The second kappa shape index (κ2) is 5.30. The average molecular weight is 241 g/mol. The van der Waals surface area contributed by atoms with E-state index in [0.717, 1.165) is 22.1 Å². The molecule has 1 aromatic heterocycles. The van der Waals surface area contributed by atoms with Crippen molar-refractivity contribution in [3.63, 3.8) is 0 Å². The topological polar surface area (TPSA) is 45.2 Å². The minimum Gasteiger partial charge on any atom is -0.359 e. The zero-order chi connectivity index (χ0) is 12.3. The molecule has 1 unspecified atom stereocenters. The van der Waals surface area contributed by atoms with Gasteiger partial charge in [0.05, 0.1) is 5.69 Å². The van der Waals surface area contributed by atoms with E-state index in [1.54, 1.807) is 19.0 Å². The molecule has 0 aliphatic heterocycles. The second-order valence-corrected chi connectivity index (χ2v) is 5.09. The summed E-state index contributed by atoms with van der Waals surface area (Å²) in [6.45, 7) is 6.09. The summed E-state index contributed by atoms with van der Waals surface area (Å²) in [5, 5.41) is 4.11. The fourth-order valence-corrected chi connectivity index (χ4v) is 2.27. The Balaban J connectivity index is 2.85. The molecule has 1 atom stereocenters. The normalized spacial score (nSPS) is 12.3. The van der Waals surface area contributed by atoms with Crippen molar-refractivity contribution in [3.05, 3.63) is 10.6 Å². The van der Waals surface area contributed by atoms with E-state index in [-0.39, 0.29) is 5.91 Å². The van der Waals surface area contributed by atoms with Gasteiger partial charge in [-0.15, -0.1) is 0 Å². The number of rotatable bonds is 4. The summed E-state index contributed by atoms with van der Waals surface area (Å²) in [4.78, 5) is 18.5. The van der Waals surface area contributed by atoms with Crippen molar-refractivity contribution < 1.29 is 4.79 Å². The lowest BCUT2D eigenvalue weighted by molar-refractivity contribution is 0.0831. The smallest absolute Gasteiger partial charge is 0.265 e. The first-order valence-corrected chi connectivity index (χ1v) is 6.23. The average Bonchev–Trinajstić information content (AvgIpc) is 2.57. The Morgan fingerprint density at radius 1 is 1.56 bits per heavy atom. The molecule has 1 heterocycles. The van der Waals surface area contributed by atoms with Gasteiger partial charge in [0, 0.05) is 20.1 Å². The Morgan fingerprint density at radius 2 is 2.19 bits per heavy atom. The van der Waals surface area contributed by atoms with Crippen molar-refractivity contribution >= 4 is 22.4 Å². The van der Waals surface area contributed by atoms with Crippen LogP contribution in [0.25, 0.3) is 0 Å². The van der Waals surface area contributed by atoms with Gasteiger partial charge >= 0.3 is 0 Å². The highest BCUT2D eigenvalue weighted by Gasteiger charge is 2.17. The molecule has 1 amide bonds. The minimum absolute atomic E-state index is 0.0206. The molecule has 0 aliphatic carbocycles. The Kier molecular flexibility index (Phi) is 4.29. The largest absolute Gasteiger partial charge is 0.359 e. The maximum absolute atomic E-state index is 11.8. The highest BCUT2D eigenvalue weighted by Crippen LogP contribution is 2.24. The van der Waals surface area contributed by atoms with Crippen molar-refractivity contribution in [2.75, 3.05) is 19.4 Å². The van der Waals surface area contributed by atoms with Crippen LogP contribution < -0.4 is 5.32 Å². The van der Waals surface area contributed by atoms with E-state index in [4.69, 9.17) is 0 Å². The molecule has 0 spiro atoms. The van der Waals surface area contributed by atoms with Gasteiger partial charge in [0.2, 0.25) is 0 Å². The molecule has 0 saturated heterocycles. The number of hydrogen-bond donors (Lipinski definition) is 1. The van der Waals surface area contributed by atoms with E-state index in [2.05, 4.69) is 24.1 Å². The van der Waals surface area contributed by atoms with Crippen LogP contribution in [0.15, 0.2) is 0 Å². The van der Waals surface area contributed by atoms with Crippen molar-refractivity contribution in [1.29, 1.82) is 0 Å². The van der Waals surface area contributed by atoms with Crippen LogP contribution in [0.5, 0.6) is 0 Å². The van der Waals surface area contributed by atoms with Gasteiger partial charge in [0.15, 0.2) is 5.13 Å². The lowest BCUT2D eigenvalue weighted by Crippen LogP contribution is -2.21. The lowest BCUT2D eigenvalue weighted by atomic mass is 10.3. The van der Waals surface area contributed by atoms with Gasteiger partial charge in [-0.3, -0.25) is 4.79 Å². The third-order valence-electron chi connectivity index (χ3n) is 2.38. The molecule has 0 saturated carbocycles. The van der Waals surface area contributed by atoms with Gasteiger partial charge < -0.3 is 10.2 Å². The van der Waals surface area contributed by atoms with Gasteiger partial charge in [0.1, 0.15) is 4.88 Å². The predicted octanol–water partition coefficient (Wildman–Crippen LogP) is 2.36. The quantitative estimate of drug-likeness (QED) is 0.880. The summed E-state index contributed by atoms with van der Waals surface area (Å²) in [6, 6.07) is 0.382. The van der Waals surface area contributed by atoms with Crippen LogP contribution in [-0.4, -0.2) is 35.9 Å². The van der Waals surface area contributed by atoms with Crippen LogP contribution >= 0.6 is 11.3 Å². The summed E-state index contributed by atoms with van der Waals surface area (Å²) >= 11 is 1.43. The molecule has 0 aliphatic rings. The zero-order valence-corrected chi connectivity index (χ0v) is 11.3. The molecule has 0 radical (unpaired) electrons. The summed E-state index contributed by atoms with van der Waals surface area (Å²) in [5.74, 6) is 0.0206. The number of carbonyl (C=O) groups excluding carboxylic acids is 1. The summed E-state index contributed by atoms with van der Waals surface area (Å²) in [5.41, 5.74) is 0.800. The molecule has 90 valence electrons. The van der Waals surface area contributed by atoms with Gasteiger partial charge in [-0.05, 0) is 20.3 Å². The monoisotopic (exact) mass is 241 g/mol. The standard InChI is InChI=1S/C11H19N3OS/c1-6-7(2)12-11-13-8(3)9(16-11)10(15)14(4)5/h7H,6H2,1-5H3,(H,12,13). The highest BCUT2D eigenvalue weighted by atomic mass is 32.1. The summed E-state index contributed by atoms with van der Waals surface area (Å²) < 4.78 is 0. The Labute approximate surface area is 101 Å². The second-order valence-electron chi connectivity index (χ2n) is 4.09. The van der Waals surface area contributed by atoms with Crippen molar-refractivity contribution in [1.82, 2.24) is 9.88 Å². The van der Waals surface area contributed by atoms with Gasteiger partial charge in [-0.25, -0.2) is 4.98 Å². The lowest BCUT2D eigenvalue weighted by Gasteiger charge is -2.09. The molecule has 0 aromatic carbocycles. The number of thiazole rings is 1. The zero-order valence-electron chi connectivity index (χ0n) is 10.5. The number of anilines is 1. The van der Waals surface area contributed by atoms with E-state index < -0.39 is 0 Å². The van der Waals surface area contributed by atoms with E-state index in [1.165, 1.54) is 11.3 Å². The highest BCUT2D eigenvalue weighted by molar-refractivity contribution is 7.17. The first-order chi connectivity index (χ1) is 7.45. The van der Waals surface area contributed by atoms with Gasteiger partial charge in [-0.2, -0.15) is 0 Å². The number of nitrogens with one attached hydrogen (secondary N) is 1. The fraction of sp³-hybridized carbons (Fsp3) is 0.636. The molecule has 1 N–H and O–H groups in total. The number of carbonyl (C=O) groups is 1.